The molecule has 140 valence electrons. The summed E-state index contributed by atoms with van der Waals surface area (Å²) in [6.45, 7) is 0.690. The minimum atomic E-state index is -3.98. The van der Waals surface area contributed by atoms with E-state index in [-0.39, 0.29) is 40.4 Å². The van der Waals surface area contributed by atoms with Crippen molar-refractivity contribution in [1.29, 1.82) is 0 Å². The molecule has 0 atom stereocenters. The molecule has 1 amide bonds. The van der Waals surface area contributed by atoms with Crippen LogP contribution in [0.25, 0.3) is 0 Å². The molecular formula is C17H14N2O7S. The number of hydrogen-bond acceptors (Lipinski definition) is 7. The van der Waals surface area contributed by atoms with Gasteiger partial charge in [-0.1, -0.05) is 18.2 Å². The number of esters is 1. The summed E-state index contributed by atoms with van der Waals surface area (Å²) in [5.41, 5.74) is -0.0107. The van der Waals surface area contributed by atoms with Crippen LogP contribution in [0.3, 0.4) is 0 Å². The summed E-state index contributed by atoms with van der Waals surface area (Å²) in [5.74, 6) is -1.52. The first kappa shape index (κ1) is 18.5. The van der Waals surface area contributed by atoms with Gasteiger partial charge in [0, 0.05) is 11.6 Å². The normalized spacial score (nSPS) is 14.7. The molecule has 0 unspecified atom stereocenters. The average Bonchev–Trinajstić information content (AvgIpc) is 2.82. The summed E-state index contributed by atoms with van der Waals surface area (Å²) in [4.78, 5) is 34.7. The maximum atomic E-state index is 12.4. The van der Waals surface area contributed by atoms with E-state index in [0.29, 0.717) is 4.31 Å². The number of amides is 1. The van der Waals surface area contributed by atoms with Gasteiger partial charge in [0.1, 0.15) is 11.5 Å². The number of hydrogen-bond donors (Lipinski definition) is 0. The first-order chi connectivity index (χ1) is 12.7. The quantitative estimate of drug-likeness (QED) is 0.434. The zero-order chi connectivity index (χ0) is 19.8. The van der Waals surface area contributed by atoms with E-state index in [2.05, 4.69) is 0 Å². The number of nitrogens with zero attached hydrogens (tertiary/aromatic N) is 2. The number of carbonyl (C=O) groups is 2. The molecule has 0 radical (unpaired) electrons. The summed E-state index contributed by atoms with van der Waals surface area (Å²) in [5, 5.41) is 10.9. The van der Waals surface area contributed by atoms with E-state index in [4.69, 9.17) is 4.74 Å². The van der Waals surface area contributed by atoms with E-state index in [0.717, 1.165) is 0 Å². The highest BCUT2D eigenvalue weighted by atomic mass is 32.2. The van der Waals surface area contributed by atoms with Crippen molar-refractivity contribution in [2.24, 2.45) is 0 Å². The molecule has 10 heteroatoms. The van der Waals surface area contributed by atoms with Crippen LogP contribution < -0.4 is 0 Å². The molecule has 0 fully saturated rings. The van der Waals surface area contributed by atoms with Gasteiger partial charge < -0.3 is 4.74 Å². The summed E-state index contributed by atoms with van der Waals surface area (Å²) < 4.78 is 30.5. The average molecular weight is 390 g/mol. The minimum absolute atomic E-state index is 0.00286. The monoisotopic (exact) mass is 390 g/mol. The number of fused-ring (bicyclic) bond motifs is 1. The molecule has 27 heavy (non-hydrogen) atoms. The number of nitro benzene ring substituents is 1. The Hall–Kier alpha value is -3.27. The third-order valence-corrected chi connectivity index (χ3v) is 6.00. The SMILES string of the molecule is Cc1c(C(=O)OCCN2C(=O)c3ccccc3S2(=O)=O)cccc1[N+](=O)[O-]. The predicted molar refractivity (Wildman–Crippen MR) is 92.8 cm³/mol. The lowest BCUT2D eigenvalue weighted by atomic mass is 10.1. The molecule has 0 bridgehead atoms. The Morgan fingerprint density at radius 2 is 1.89 bits per heavy atom. The van der Waals surface area contributed by atoms with Crippen molar-refractivity contribution in [2.75, 3.05) is 13.2 Å². The van der Waals surface area contributed by atoms with Crippen LogP contribution in [-0.2, 0) is 14.8 Å². The van der Waals surface area contributed by atoms with E-state index in [1.165, 1.54) is 43.3 Å². The van der Waals surface area contributed by atoms with Crippen LogP contribution in [0.1, 0.15) is 26.3 Å². The molecule has 3 rings (SSSR count). The van der Waals surface area contributed by atoms with Gasteiger partial charge in [-0.3, -0.25) is 14.9 Å². The fourth-order valence-corrected chi connectivity index (χ4v) is 4.35. The number of ether oxygens (including phenoxy) is 1. The molecule has 0 aromatic heterocycles. The van der Waals surface area contributed by atoms with Gasteiger partial charge in [0.15, 0.2) is 0 Å². The zero-order valence-corrected chi connectivity index (χ0v) is 14.9. The number of sulfonamides is 1. The summed E-state index contributed by atoms with van der Waals surface area (Å²) in [7, 11) is -3.98. The van der Waals surface area contributed by atoms with Crippen molar-refractivity contribution < 1.29 is 27.7 Å². The van der Waals surface area contributed by atoms with E-state index >= 15 is 0 Å². The third kappa shape index (κ3) is 3.14. The van der Waals surface area contributed by atoms with E-state index in [1.807, 2.05) is 0 Å². The second-order valence-corrected chi connectivity index (χ2v) is 7.55. The van der Waals surface area contributed by atoms with Crippen LogP contribution in [0.2, 0.25) is 0 Å². The fourth-order valence-electron chi connectivity index (χ4n) is 2.79. The third-order valence-electron chi connectivity index (χ3n) is 4.16. The standard InChI is InChI=1S/C17H14N2O7S/c1-11-12(6-4-7-14(11)19(22)23)17(21)26-10-9-18-16(20)13-5-2-3-8-15(13)27(18,24)25/h2-8H,9-10H2,1H3. The van der Waals surface area contributed by atoms with Crippen molar-refractivity contribution in [2.45, 2.75) is 11.8 Å². The second kappa shape index (κ2) is 6.80. The Balaban J connectivity index is 1.71. The van der Waals surface area contributed by atoms with E-state index < -0.39 is 26.8 Å². The van der Waals surface area contributed by atoms with Crippen LogP contribution in [0.4, 0.5) is 5.69 Å². The lowest BCUT2D eigenvalue weighted by Crippen LogP contribution is -2.33. The molecule has 0 aliphatic carbocycles. The summed E-state index contributed by atoms with van der Waals surface area (Å²) in [6, 6.07) is 9.80. The number of rotatable bonds is 5. The van der Waals surface area contributed by atoms with Gasteiger partial charge >= 0.3 is 5.97 Å². The Morgan fingerprint density at radius 3 is 2.56 bits per heavy atom. The molecule has 1 heterocycles. The molecule has 1 aliphatic rings. The van der Waals surface area contributed by atoms with Gasteiger partial charge in [0.2, 0.25) is 0 Å². The largest absolute Gasteiger partial charge is 0.460 e. The highest BCUT2D eigenvalue weighted by molar-refractivity contribution is 7.90. The Labute approximate surface area is 154 Å². The van der Waals surface area contributed by atoms with Gasteiger partial charge in [-0.2, -0.15) is 0 Å². The smallest absolute Gasteiger partial charge is 0.338 e. The van der Waals surface area contributed by atoms with E-state index in [1.54, 1.807) is 6.07 Å². The Kier molecular flexibility index (Phi) is 4.66. The number of nitro groups is 1. The van der Waals surface area contributed by atoms with Crippen LogP contribution in [0.15, 0.2) is 47.4 Å². The van der Waals surface area contributed by atoms with Crippen molar-refractivity contribution in [3.63, 3.8) is 0 Å². The van der Waals surface area contributed by atoms with Gasteiger partial charge in [-0.15, -0.1) is 0 Å². The van der Waals surface area contributed by atoms with Crippen LogP contribution in [0.5, 0.6) is 0 Å². The molecule has 9 nitrogen and oxygen atoms in total. The van der Waals surface area contributed by atoms with Crippen molar-refractivity contribution in [1.82, 2.24) is 4.31 Å². The predicted octanol–water partition coefficient (Wildman–Crippen LogP) is 1.90. The lowest BCUT2D eigenvalue weighted by Gasteiger charge is -2.15. The molecule has 2 aromatic rings. The first-order valence-corrected chi connectivity index (χ1v) is 9.26. The number of carbonyl (C=O) groups excluding carboxylic acids is 2. The summed E-state index contributed by atoms with van der Waals surface area (Å²) >= 11 is 0. The minimum Gasteiger partial charge on any atom is -0.460 e. The molecular weight excluding hydrogens is 376 g/mol. The zero-order valence-electron chi connectivity index (χ0n) is 14.1. The van der Waals surface area contributed by atoms with Gasteiger partial charge in [-0.25, -0.2) is 17.5 Å². The highest BCUT2D eigenvalue weighted by Gasteiger charge is 2.40. The fraction of sp³-hybridized carbons (Fsp3) is 0.176. The lowest BCUT2D eigenvalue weighted by molar-refractivity contribution is -0.385. The maximum absolute atomic E-state index is 12.4. The second-order valence-electron chi connectivity index (χ2n) is 5.72. The van der Waals surface area contributed by atoms with Crippen molar-refractivity contribution >= 4 is 27.6 Å². The Bertz CT molecular complexity index is 1060. The van der Waals surface area contributed by atoms with Gasteiger partial charge in [0.25, 0.3) is 21.6 Å². The van der Waals surface area contributed by atoms with Crippen molar-refractivity contribution in [3.05, 3.63) is 69.3 Å². The molecule has 0 N–H and O–H groups in total. The molecule has 1 aliphatic heterocycles. The molecule has 2 aromatic carbocycles. The summed E-state index contributed by atoms with van der Waals surface area (Å²) in [6.07, 6.45) is 0. The maximum Gasteiger partial charge on any atom is 0.338 e. The van der Waals surface area contributed by atoms with Gasteiger partial charge in [0.05, 0.1) is 22.6 Å². The van der Waals surface area contributed by atoms with Crippen LogP contribution >= 0.6 is 0 Å². The van der Waals surface area contributed by atoms with Gasteiger partial charge in [-0.05, 0) is 25.1 Å². The van der Waals surface area contributed by atoms with Crippen LogP contribution in [0, 0.1) is 17.0 Å². The first-order valence-electron chi connectivity index (χ1n) is 7.82. The topological polar surface area (TPSA) is 124 Å². The van der Waals surface area contributed by atoms with Crippen molar-refractivity contribution in [3.8, 4) is 0 Å². The Morgan fingerprint density at radius 1 is 1.19 bits per heavy atom. The molecule has 0 spiro atoms. The van der Waals surface area contributed by atoms with E-state index in [9.17, 15) is 28.1 Å². The molecule has 0 saturated carbocycles. The number of benzene rings is 2. The molecule has 0 saturated heterocycles. The highest BCUT2D eigenvalue weighted by Crippen LogP contribution is 2.29. The van der Waals surface area contributed by atoms with Crippen LogP contribution in [-0.4, -0.2) is 42.7 Å².